The summed E-state index contributed by atoms with van der Waals surface area (Å²) in [6.07, 6.45) is -2.52. The molecule has 0 aliphatic rings. The summed E-state index contributed by atoms with van der Waals surface area (Å²) in [6.45, 7) is 0. The number of hydrogen-bond acceptors (Lipinski definition) is 6. The van der Waals surface area contributed by atoms with E-state index in [9.17, 15) is 19.8 Å². The molecule has 0 amide bonds. The van der Waals surface area contributed by atoms with E-state index in [1.807, 2.05) is 0 Å². The third-order valence-electron chi connectivity index (χ3n) is 2.71. The van der Waals surface area contributed by atoms with Crippen LogP contribution in [0.5, 0.6) is 5.75 Å². The number of aldehydes is 1. The number of benzene rings is 1. The van der Waals surface area contributed by atoms with E-state index in [1.165, 1.54) is 26.4 Å². The number of esters is 1. The van der Waals surface area contributed by atoms with Gasteiger partial charge in [-0.05, 0) is 17.7 Å². The number of methoxy groups -OCH3 is 2. The van der Waals surface area contributed by atoms with Crippen molar-refractivity contribution >= 4 is 12.3 Å². The molecule has 2 N–H and O–H groups in total. The van der Waals surface area contributed by atoms with Crippen LogP contribution in [-0.4, -0.2) is 42.8 Å². The van der Waals surface area contributed by atoms with Crippen molar-refractivity contribution in [3.05, 3.63) is 29.3 Å². The fraction of sp³-hybridized carbons (Fsp3) is 0.385. The molecule has 6 heteroatoms. The number of aliphatic hydroxyl groups excluding tert-OH is 2. The molecule has 0 bridgehead atoms. The van der Waals surface area contributed by atoms with Gasteiger partial charge in [-0.3, -0.25) is 9.59 Å². The van der Waals surface area contributed by atoms with Gasteiger partial charge in [0.1, 0.15) is 11.9 Å². The summed E-state index contributed by atoms with van der Waals surface area (Å²) < 4.78 is 9.36. The predicted octanol–water partition coefficient (Wildman–Crippen LogP) is 0.465. The Balaban J connectivity index is 2.95. The normalized spacial score (nSPS) is 13.5. The lowest BCUT2D eigenvalue weighted by Gasteiger charge is -2.19. The molecule has 0 saturated carbocycles. The molecule has 2 atom stereocenters. The highest BCUT2D eigenvalue weighted by Crippen LogP contribution is 2.25. The molecule has 0 heterocycles. The van der Waals surface area contributed by atoms with Crippen LogP contribution >= 0.6 is 0 Å². The third-order valence-corrected chi connectivity index (χ3v) is 2.71. The van der Waals surface area contributed by atoms with Crippen LogP contribution in [0.3, 0.4) is 0 Å². The molecule has 0 aliphatic carbocycles. The Hall–Kier alpha value is -1.92. The van der Waals surface area contributed by atoms with E-state index in [-0.39, 0.29) is 17.5 Å². The molecule has 104 valence electrons. The summed E-state index contributed by atoms with van der Waals surface area (Å²) in [5.74, 6) is -0.187. The maximum atomic E-state index is 11.0. The highest BCUT2D eigenvalue weighted by molar-refractivity contribution is 5.78. The van der Waals surface area contributed by atoms with Gasteiger partial charge >= 0.3 is 5.97 Å². The van der Waals surface area contributed by atoms with Crippen LogP contribution in [0, 0.1) is 0 Å². The molecule has 2 unspecified atom stereocenters. The van der Waals surface area contributed by atoms with Gasteiger partial charge in [-0.2, -0.15) is 0 Å². The summed E-state index contributed by atoms with van der Waals surface area (Å²) >= 11 is 0. The van der Waals surface area contributed by atoms with Crippen LogP contribution in [0.1, 0.15) is 28.4 Å². The molecule has 0 radical (unpaired) electrons. The van der Waals surface area contributed by atoms with Crippen molar-refractivity contribution < 1.29 is 29.3 Å². The molecule has 0 aliphatic heterocycles. The number of carbonyl (C=O) groups is 2. The molecular formula is C13H16O6. The van der Waals surface area contributed by atoms with Gasteiger partial charge in [0.2, 0.25) is 0 Å². The summed E-state index contributed by atoms with van der Waals surface area (Å²) in [5, 5.41) is 19.7. The van der Waals surface area contributed by atoms with Gasteiger partial charge in [-0.1, -0.05) is 6.07 Å². The van der Waals surface area contributed by atoms with Gasteiger partial charge in [0.25, 0.3) is 0 Å². The Kier molecular flexibility index (Phi) is 5.47. The minimum atomic E-state index is -1.36. The Bertz CT molecular complexity index is 456. The zero-order valence-corrected chi connectivity index (χ0v) is 10.7. The third kappa shape index (κ3) is 3.77. The molecule has 0 aromatic heterocycles. The van der Waals surface area contributed by atoms with E-state index in [1.54, 1.807) is 6.07 Å². The van der Waals surface area contributed by atoms with Gasteiger partial charge in [0.05, 0.1) is 26.7 Å². The highest BCUT2D eigenvalue weighted by Gasteiger charge is 2.24. The minimum Gasteiger partial charge on any atom is -0.497 e. The standard InChI is InChI=1S/C13H16O6/c1-18-9-3-4-10(8(5-9)7-14)13(17)11(15)6-12(16)19-2/h3-5,7,11,13,15,17H,6H2,1-2H3. The number of rotatable bonds is 6. The van der Waals surface area contributed by atoms with Gasteiger partial charge in [-0.15, -0.1) is 0 Å². The molecule has 0 fully saturated rings. The topological polar surface area (TPSA) is 93.1 Å². The van der Waals surface area contributed by atoms with Crippen LogP contribution in [0.25, 0.3) is 0 Å². The largest absolute Gasteiger partial charge is 0.497 e. The molecule has 1 rings (SSSR count). The van der Waals surface area contributed by atoms with Crippen molar-refractivity contribution in [2.75, 3.05) is 14.2 Å². The smallest absolute Gasteiger partial charge is 0.308 e. The summed E-state index contributed by atoms with van der Waals surface area (Å²) in [5.41, 5.74) is 0.419. The maximum absolute atomic E-state index is 11.0. The SMILES string of the molecule is COC(=O)CC(O)C(O)c1ccc(OC)cc1C=O. The monoisotopic (exact) mass is 268 g/mol. The van der Waals surface area contributed by atoms with Crippen molar-refractivity contribution in [1.82, 2.24) is 0 Å². The van der Waals surface area contributed by atoms with Gasteiger partial charge in [-0.25, -0.2) is 0 Å². The first-order valence-corrected chi connectivity index (χ1v) is 5.59. The fourth-order valence-electron chi connectivity index (χ4n) is 1.62. The number of aliphatic hydroxyl groups is 2. The lowest BCUT2D eigenvalue weighted by atomic mass is 9.97. The highest BCUT2D eigenvalue weighted by atomic mass is 16.5. The Morgan fingerprint density at radius 1 is 1.37 bits per heavy atom. The zero-order valence-electron chi connectivity index (χ0n) is 10.7. The van der Waals surface area contributed by atoms with Gasteiger partial charge in [0, 0.05) is 5.56 Å². The molecule has 1 aromatic carbocycles. The van der Waals surface area contributed by atoms with Crippen molar-refractivity contribution in [2.45, 2.75) is 18.6 Å². The maximum Gasteiger partial charge on any atom is 0.308 e. The fourth-order valence-corrected chi connectivity index (χ4v) is 1.62. The van der Waals surface area contributed by atoms with Crippen LogP contribution in [0.4, 0.5) is 0 Å². The molecule has 19 heavy (non-hydrogen) atoms. The molecular weight excluding hydrogens is 252 g/mol. The summed E-state index contributed by atoms with van der Waals surface area (Å²) in [7, 11) is 2.64. The van der Waals surface area contributed by atoms with Gasteiger partial charge in [0.15, 0.2) is 6.29 Å². The first-order chi connectivity index (χ1) is 9.03. The molecule has 0 saturated heterocycles. The summed E-state index contributed by atoms with van der Waals surface area (Å²) in [4.78, 5) is 22.0. The Morgan fingerprint density at radius 3 is 2.58 bits per heavy atom. The number of ether oxygens (including phenoxy) is 2. The second-order valence-corrected chi connectivity index (χ2v) is 3.91. The Labute approximate surface area is 110 Å². The molecule has 0 spiro atoms. The minimum absolute atomic E-state index is 0.191. The van der Waals surface area contributed by atoms with Crippen molar-refractivity contribution in [3.8, 4) is 5.75 Å². The van der Waals surface area contributed by atoms with Crippen LogP contribution < -0.4 is 4.74 Å². The second-order valence-electron chi connectivity index (χ2n) is 3.91. The average molecular weight is 268 g/mol. The number of carbonyl (C=O) groups excluding carboxylic acids is 2. The van der Waals surface area contributed by atoms with E-state index in [2.05, 4.69) is 4.74 Å². The lowest BCUT2D eigenvalue weighted by Crippen LogP contribution is -2.23. The van der Waals surface area contributed by atoms with Crippen molar-refractivity contribution in [2.24, 2.45) is 0 Å². The van der Waals surface area contributed by atoms with Crippen LogP contribution in [-0.2, 0) is 9.53 Å². The molecule has 6 nitrogen and oxygen atoms in total. The second kappa shape index (κ2) is 6.86. The lowest BCUT2D eigenvalue weighted by molar-refractivity contribution is -0.144. The predicted molar refractivity (Wildman–Crippen MR) is 66.0 cm³/mol. The van der Waals surface area contributed by atoms with Crippen LogP contribution in [0.15, 0.2) is 18.2 Å². The summed E-state index contributed by atoms with van der Waals surface area (Å²) in [6, 6.07) is 4.46. The van der Waals surface area contributed by atoms with Crippen molar-refractivity contribution in [1.29, 1.82) is 0 Å². The van der Waals surface area contributed by atoms with Gasteiger partial charge < -0.3 is 19.7 Å². The van der Waals surface area contributed by atoms with E-state index < -0.39 is 18.2 Å². The quantitative estimate of drug-likeness (QED) is 0.575. The van der Waals surface area contributed by atoms with E-state index >= 15 is 0 Å². The first-order valence-electron chi connectivity index (χ1n) is 5.59. The van der Waals surface area contributed by atoms with E-state index in [0.29, 0.717) is 12.0 Å². The Morgan fingerprint density at radius 2 is 2.05 bits per heavy atom. The number of hydrogen-bond donors (Lipinski definition) is 2. The van der Waals surface area contributed by atoms with Crippen LogP contribution in [0.2, 0.25) is 0 Å². The van der Waals surface area contributed by atoms with E-state index in [4.69, 9.17) is 4.74 Å². The first kappa shape index (κ1) is 15.1. The van der Waals surface area contributed by atoms with E-state index in [0.717, 1.165) is 0 Å². The van der Waals surface area contributed by atoms with Crippen molar-refractivity contribution in [3.63, 3.8) is 0 Å². The average Bonchev–Trinajstić information content (AvgIpc) is 2.45. The molecule has 1 aromatic rings. The zero-order chi connectivity index (χ0) is 14.4.